The lowest BCUT2D eigenvalue weighted by Gasteiger charge is -2.16. The van der Waals surface area contributed by atoms with Crippen LogP contribution in [0.1, 0.15) is 22.5 Å². The average molecular weight is 311 g/mol. The third-order valence-electron chi connectivity index (χ3n) is 3.70. The molecule has 120 valence electrons. The van der Waals surface area contributed by atoms with E-state index in [9.17, 15) is 4.79 Å². The molecule has 0 aliphatic heterocycles. The number of anilines is 1. The summed E-state index contributed by atoms with van der Waals surface area (Å²) in [6.07, 6.45) is 0. The maximum Gasteiger partial charge on any atom is 0.238 e. The molecule has 1 aromatic carbocycles. The van der Waals surface area contributed by atoms with Gasteiger partial charge < -0.3 is 5.32 Å². The molecule has 6 nitrogen and oxygen atoms in total. The Balaban J connectivity index is 1.95. The molecule has 0 aliphatic rings. The number of carbonyl (C=O) groups is 1. The minimum absolute atomic E-state index is 0.0804. The standard InChI is InChI=1S/C17H21N5O/c1-12-17(13(2)22(4)20-12)19-16(23)11-21(3)10-15-7-5-6-14(8-15)9-18/h5-8H,10-11H2,1-4H3,(H,19,23). The van der Waals surface area contributed by atoms with Crippen LogP contribution in [-0.2, 0) is 18.4 Å². The Labute approximate surface area is 136 Å². The van der Waals surface area contributed by atoms with E-state index in [0.29, 0.717) is 12.1 Å². The first kappa shape index (κ1) is 16.7. The van der Waals surface area contributed by atoms with Gasteiger partial charge >= 0.3 is 0 Å². The molecule has 23 heavy (non-hydrogen) atoms. The number of nitrogens with zero attached hydrogens (tertiary/aromatic N) is 4. The summed E-state index contributed by atoms with van der Waals surface area (Å²) in [4.78, 5) is 14.1. The Hall–Kier alpha value is -2.65. The molecule has 1 amide bonds. The number of aryl methyl sites for hydroxylation is 2. The van der Waals surface area contributed by atoms with Crippen molar-refractivity contribution in [3.05, 3.63) is 46.8 Å². The van der Waals surface area contributed by atoms with Gasteiger partial charge in [0.15, 0.2) is 0 Å². The molecule has 2 aromatic rings. The van der Waals surface area contributed by atoms with Crippen LogP contribution in [-0.4, -0.2) is 34.2 Å². The molecule has 0 spiro atoms. The Kier molecular flexibility index (Phi) is 5.14. The number of hydrogen-bond donors (Lipinski definition) is 1. The number of nitrogens with one attached hydrogen (secondary N) is 1. The lowest BCUT2D eigenvalue weighted by atomic mass is 10.1. The van der Waals surface area contributed by atoms with Gasteiger partial charge in [0.05, 0.1) is 35.3 Å². The number of amides is 1. The van der Waals surface area contributed by atoms with E-state index in [0.717, 1.165) is 22.6 Å². The van der Waals surface area contributed by atoms with Crippen LogP contribution in [0.3, 0.4) is 0 Å². The zero-order chi connectivity index (χ0) is 17.0. The van der Waals surface area contributed by atoms with Crippen LogP contribution in [0.5, 0.6) is 0 Å². The zero-order valence-electron chi connectivity index (χ0n) is 13.9. The van der Waals surface area contributed by atoms with E-state index in [-0.39, 0.29) is 12.5 Å². The Morgan fingerprint density at radius 2 is 2.17 bits per heavy atom. The monoisotopic (exact) mass is 311 g/mol. The SMILES string of the molecule is Cc1nn(C)c(C)c1NC(=O)CN(C)Cc1cccc(C#N)c1. The van der Waals surface area contributed by atoms with E-state index in [1.165, 1.54) is 0 Å². The van der Waals surface area contributed by atoms with E-state index in [2.05, 4.69) is 16.5 Å². The number of benzene rings is 1. The minimum atomic E-state index is -0.0804. The minimum Gasteiger partial charge on any atom is -0.322 e. The number of likely N-dealkylation sites (N-methyl/N-ethyl adjacent to an activating group) is 1. The predicted molar refractivity (Wildman–Crippen MR) is 88.8 cm³/mol. The quantitative estimate of drug-likeness (QED) is 0.916. The van der Waals surface area contributed by atoms with Crippen molar-refractivity contribution in [1.82, 2.24) is 14.7 Å². The molecule has 0 fully saturated rings. The predicted octanol–water partition coefficient (Wildman–Crippen LogP) is 1.98. The van der Waals surface area contributed by atoms with E-state index < -0.39 is 0 Å². The summed E-state index contributed by atoms with van der Waals surface area (Å²) in [5.41, 5.74) is 4.15. The lowest BCUT2D eigenvalue weighted by Crippen LogP contribution is -2.30. The fraction of sp³-hybridized carbons (Fsp3) is 0.353. The number of rotatable bonds is 5. The fourth-order valence-electron chi connectivity index (χ4n) is 2.49. The lowest BCUT2D eigenvalue weighted by molar-refractivity contribution is -0.117. The van der Waals surface area contributed by atoms with Gasteiger partial charge in [0.1, 0.15) is 0 Å². The number of carbonyl (C=O) groups excluding carboxylic acids is 1. The van der Waals surface area contributed by atoms with Crippen molar-refractivity contribution >= 4 is 11.6 Å². The molecular formula is C17H21N5O. The Bertz CT molecular complexity index is 757. The second kappa shape index (κ2) is 7.07. The summed E-state index contributed by atoms with van der Waals surface area (Å²) in [5.74, 6) is -0.0804. The first-order valence-corrected chi connectivity index (χ1v) is 7.38. The summed E-state index contributed by atoms with van der Waals surface area (Å²) in [6, 6.07) is 9.53. The van der Waals surface area contributed by atoms with Crippen molar-refractivity contribution in [3.8, 4) is 6.07 Å². The molecular weight excluding hydrogens is 290 g/mol. The number of aromatic nitrogens is 2. The maximum absolute atomic E-state index is 12.2. The Morgan fingerprint density at radius 3 is 2.78 bits per heavy atom. The summed E-state index contributed by atoms with van der Waals surface area (Å²) < 4.78 is 1.75. The summed E-state index contributed by atoms with van der Waals surface area (Å²) in [6.45, 7) is 4.67. The van der Waals surface area contributed by atoms with Gasteiger partial charge in [0.2, 0.25) is 5.91 Å². The van der Waals surface area contributed by atoms with Gasteiger partial charge in [0.25, 0.3) is 0 Å². The van der Waals surface area contributed by atoms with Crippen molar-refractivity contribution in [2.24, 2.45) is 7.05 Å². The molecule has 1 heterocycles. The first-order valence-electron chi connectivity index (χ1n) is 7.38. The second-order valence-electron chi connectivity index (χ2n) is 5.70. The normalized spacial score (nSPS) is 10.6. The molecule has 0 bridgehead atoms. The van der Waals surface area contributed by atoms with Crippen molar-refractivity contribution in [2.45, 2.75) is 20.4 Å². The number of nitriles is 1. The Morgan fingerprint density at radius 1 is 1.43 bits per heavy atom. The fourth-order valence-corrected chi connectivity index (χ4v) is 2.49. The zero-order valence-corrected chi connectivity index (χ0v) is 13.9. The van der Waals surface area contributed by atoms with Gasteiger partial charge in [0, 0.05) is 13.6 Å². The van der Waals surface area contributed by atoms with Crippen LogP contribution in [0.4, 0.5) is 5.69 Å². The van der Waals surface area contributed by atoms with Crippen LogP contribution >= 0.6 is 0 Å². The first-order chi connectivity index (χ1) is 10.9. The highest BCUT2D eigenvalue weighted by atomic mass is 16.2. The van der Waals surface area contributed by atoms with Gasteiger partial charge in [-0.1, -0.05) is 12.1 Å². The molecule has 1 aromatic heterocycles. The van der Waals surface area contributed by atoms with Crippen LogP contribution < -0.4 is 5.32 Å². The number of hydrogen-bond acceptors (Lipinski definition) is 4. The topological polar surface area (TPSA) is 74.0 Å². The summed E-state index contributed by atoms with van der Waals surface area (Å²) >= 11 is 0. The maximum atomic E-state index is 12.2. The molecule has 0 saturated heterocycles. The molecule has 0 atom stereocenters. The highest BCUT2D eigenvalue weighted by molar-refractivity contribution is 5.93. The van der Waals surface area contributed by atoms with Gasteiger partial charge in [-0.3, -0.25) is 14.4 Å². The molecule has 6 heteroatoms. The average Bonchev–Trinajstić information content (AvgIpc) is 2.73. The molecule has 0 radical (unpaired) electrons. The van der Waals surface area contributed by atoms with Gasteiger partial charge in [-0.25, -0.2) is 0 Å². The third-order valence-corrected chi connectivity index (χ3v) is 3.70. The molecule has 0 aliphatic carbocycles. The van der Waals surface area contributed by atoms with Crippen LogP contribution in [0.2, 0.25) is 0 Å². The smallest absolute Gasteiger partial charge is 0.238 e. The molecule has 1 N–H and O–H groups in total. The largest absolute Gasteiger partial charge is 0.322 e. The van der Waals surface area contributed by atoms with E-state index in [1.54, 1.807) is 10.7 Å². The summed E-state index contributed by atoms with van der Waals surface area (Å²) in [7, 11) is 3.73. The van der Waals surface area contributed by atoms with Crippen molar-refractivity contribution in [2.75, 3.05) is 18.9 Å². The molecule has 0 saturated carbocycles. The summed E-state index contributed by atoms with van der Waals surface area (Å²) in [5, 5.41) is 16.1. The highest BCUT2D eigenvalue weighted by Gasteiger charge is 2.14. The molecule has 0 unspecified atom stereocenters. The van der Waals surface area contributed by atoms with Crippen LogP contribution in [0.25, 0.3) is 0 Å². The highest BCUT2D eigenvalue weighted by Crippen LogP contribution is 2.18. The van der Waals surface area contributed by atoms with E-state index >= 15 is 0 Å². The van der Waals surface area contributed by atoms with Crippen molar-refractivity contribution in [1.29, 1.82) is 5.26 Å². The van der Waals surface area contributed by atoms with Crippen molar-refractivity contribution in [3.63, 3.8) is 0 Å². The second-order valence-corrected chi connectivity index (χ2v) is 5.70. The van der Waals surface area contributed by atoms with E-state index in [1.807, 2.05) is 51.0 Å². The third kappa shape index (κ3) is 4.18. The van der Waals surface area contributed by atoms with Gasteiger partial charge in [-0.15, -0.1) is 0 Å². The van der Waals surface area contributed by atoms with Gasteiger partial charge in [-0.05, 0) is 38.6 Å². The van der Waals surface area contributed by atoms with Crippen molar-refractivity contribution < 1.29 is 4.79 Å². The van der Waals surface area contributed by atoms with Gasteiger partial charge in [-0.2, -0.15) is 10.4 Å². The van der Waals surface area contributed by atoms with Crippen LogP contribution in [0.15, 0.2) is 24.3 Å². The molecule has 2 rings (SSSR count). The van der Waals surface area contributed by atoms with E-state index in [4.69, 9.17) is 5.26 Å². The van der Waals surface area contributed by atoms with Crippen LogP contribution in [0, 0.1) is 25.2 Å².